The normalized spacial score (nSPS) is 17.8. The number of benzene rings is 3. The van der Waals surface area contributed by atoms with Gasteiger partial charge in [-0.1, -0.05) is 84.9 Å². The highest BCUT2D eigenvalue weighted by molar-refractivity contribution is 6.13. The Kier molecular flexibility index (Phi) is 4.84. The Bertz CT molecular complexity index is 922. The third-order valence-electron chi connectivity index (χ3n) is 5.06. The van der Waals surface area contributed by atoms with E-state index in [0.29, 0.717) is 6.42 Å². The molecule has 0 fully saturated rings. The number of ether oxygens (including phenoxy) is 1. The Hall–Kier alpha value is -3.20. The first-order valence-corrected chi connectivity index (χ1v) is 9.12. The van der Waals surface area contributed by atoms with Crippen molar-refractivity contribution in [3.05, 3.63) is 107 Å². The number of nitrogens with zero attached hydrogens (tertiary/aromatic N) is 1. The smallest absolute Gasteiger partial charge is 0.311 e. The van der Waals surface area contributed by atoms with Gasteiger partial charge in [0.15, 0.2) is 0 Å². The largest absolute Gasteiger partial charge is 0.469 e. The molecule has 2 atom stereocenters. The summed E-state index contributed by atoms with van der Waals surface area (Å²) in [5, 5.41) is 0. The minimum absolute atomic E-state index is 0.208. The van der Waals surface area contributed by atoms with Crippen LogP contribution in [0.1, 0.15) is 28.3 Å². The number of esters is 1. The molecule has 3 heteroatoms. The third kappa shape index (κ3) is 3.41. The molecule has 0 N–H and O–H groups in total. The number of hydrogen-bond acceptors (Lipinski definition) is 3. The van der Waals surface area contributed by atoms with E-state index >= 15 is 0 Å². The first-order chi connectivity index (χ1) is 13.3. The predicted octanol–water partition coefficient (Wildman–Crippen LogP) is 4.61. The number of hydrogen-bond donors (Lipinski definition) is 0. The van der Waals surface area contributed by atoms with Crippen LogP contribution in [0.2, 0.25) is 0 Å². The maximum absolute atomic E-state index is 12.5. The Morgan fingerprint density at radius 1 is 0.852 bits per heavy atom. The van der Waals surface area contributed by atoms with Gasteiger partial charge in [-0.15, -0.1) is 0 Å². The Balaban J connectivity index is 1.86. The van der Waals surface area contributed by atoms with Crippen LogP contribution in [0, 0.1) is 5.92 Å². The maximum atomic E-state index is 12.5. The van der Waals surface area contributed by atoms with Gasteiger partial charge in [0.05, 0.1) is 24.8 Å². The van der Waals surface area contributed by atoms with E-state index in [-0.39, 0.29) is 17.9 Å². The molecule has 1 aliphatic carbocycles. The summed E-state index contributed by atoms with van der Waals surface area (Å²) in [5.74, 6) is -0.504. The lowest BCUT2D eigenvalue weighted by atomic mass is 9.98. The van der Waals surface area contributed by atoms with Crippen molar-refractivity contribution in [1.82, 2.24) is 0 Å². The van der Waals surface area contributed by atoms with Crippen molar-refractivity contribution in [2.24, 2.45) is 10.9 Å². The topological polar surface area (TPSA) is 38.7 Å². The van der Waals surface area contributed by atoms with Crippen molar-refractivity contribution in [2.45, 2.75) is 12.5 Å². The van der Waals surface area contributed by atoms with Crippen LogP contribution in [-0.4, -0.2) is 18.8 Å². The first kappa shape index (κ1) is 17.2. The van der Waals surface area contributed by atoms with E-state index in [1.807, 2.05) is 48.5 Å². The second-order valence-electron chi connectivity index (χ2n) is 6.69. The molecule has 27 heavy (non-hydrogen) atoms. The number of methoxy groups -OCH3 is 1. The maximum Gasteiger partial charge on any atom is 0.311 e. The average molecular weight is 355 g/mol. The fourth-order valence-electron chi connectivity index (χ4n) is 3.74. The standard InChI is InChI=1S/C24H21NO2/c1-27-24(26)21-16-19-14-8-9-15-20(19)23(21)25-22(17-10-4-2-5-11-17)18-12-6-3-7-13-18/h2-15,21,23H,16H2,1H3/t21-,23?/m1/s1. The molecule has 3 nitrogen and oxygen atoms in total. The van der Waals surface area contributed by atoms with E-state index in [1.165, 1.54) is 12.7 Å². The lowest BCUT2D eigenvalue weighted by molar-refractivity contribution is -0.145. The molecule has 0 saturated carbocycles. The molecule has 3 aromatic carbocycles. The summed E-state index contributed by atoms with van der Waals surface area (Å²) < 4.78 is 5.08. The lowest BCUT2D eigenvalue weighted by Crippen LogP contribution is -2.21. The van der Waals surface area contributed by atoms with Crippen molar-refractivity contribution in [1.29, 1.82) is 0 Å². The number of aliphatic imine (C=N–C) groups is 1. The van der Waals surface area contributed by atoms with Gasteiger partial charge in [-0.2, -0.15) is 0 Å². The quantitative estimate of drug-likeness (QED) is 0.506. The minimum Gasteiger partial charge on any atom is -0.469 e. The van der Waals surface area contributed by atoms with Crippen LogP contribution in [0.15, 0.2) is 89.9 Å². The number of carbonyl (C=O) groups is 1. The van der Waals surface area contributed by atoms with E-state index in [0.717, 1.165) is 22.4 Å². The first-order valence-electron chi connectivity index (χ1n) is 9.12. The molecular weight excluding hydrogens is 334 g/mol. The van der Waals surface area contributed by atoms with E-state index < -0.39 is 0 Å². The molecule has 3 aromatic rings. The van der Waals surface area contributed by atoms with Crippen molar-refractivity contribution in [2.75, 3.05) is 7.11 Å². The van der Waals surface area contributed by atoms with Crippen LogP contribution < -0.4 is 0 Å². The SMILES string of the molecule is COC(=O)[C@@H]1Cc2ccccc2C1N=C(c1ccccc1)c1ccccc1. The van der Waals surface area contributed by atoms with Gasteiger partial charge < -0.3 is 4.74 Å². The molecule has 134 valence electrons. The molecule has 0 bridgehead atoms. The monoisotopic (exact) mass is 355 g/mol. The van der Waals surface area contributed by atoms with E-state index in [4.69, 9.17) is 9.73 Å². The summed E-state index contributed by atoms with van der Waals surface area (Å²) in [7, 11) is 1.45. The minimum atomic E-state index is -0.296. The zero-order valence-corrected chi connectivity index (χ0v) is 15.2. The van der Waals surface area contributed by atoms with Crippen molar-refractivity contribution in [3.8, 4) is 0 Å². The van der Waals surface area contributed by atoms with Crippen molar-refractivity contribution < 1.29 is 9.53 Å². The highest BCUT2D eigenvalue weighted by Gasteiger charge is 2.38. The fourth-order valence-corrected chi connectivity index (χ4v) is 3.74. The molecule has 0 aliphatic heterocycles. The van der Waals surface area contributed by atoms with Crippen molar-refractivity contribution >= 4 is 11.7 Å². The summed E-state index contributed by atoms with van der Waals surface area (Å²) in [4.78, 5) is 17.6. The molecule has 1 aliphatic rings. The van der Waals surface area contributed by atoms with E-state index in [1.54, 1.807) is 0 Å². The zero-order chi connectivity index (χ0) is 18.6. The molecule has 0 aromatic heterocycles. The molecule has 0 heterocycles. The number of rotatable bonds is 4. The third-order valence-corrected chi connectivity index (χ3v) is 5.06. The molecule has 0 radical (unpaired) electrons. The van der Waals surface area contributed by atoms with Crippen LogP contribution in [0.25, 0.3) is 0 Å². The lowest BCUT2D eigenvalue weighted by Gasteiger charge is -2.17. The molecular formula is C24H21NO2. The number of carbonyl (C=O) groups excluding carboxylic acids is 1. The molecule has 0 saturated heterocycles. The zero-order valence-electron chi connectivity index (χ0n) is 15.2. The highest BCUT2D eigenvalue weighted by Crippen LogP contribution is 2.40. The Labute approximate surface area is 159 Å². The Morgan fingerprint density at radius 2 is 1.41 bits per heavy atom. The van der Waals surface area contributed by atoms with Gasteiger partial charge in [0.2, 0.25) is 0 Å². The highest BCUT2D eigenvalue weighted by atomic mass is 16.5. The van der Waals surface area contributed by atoms with Gasteiger partial charge in [0, 0.05) is 11.1 Å². The van der Waals surface area contributed by atoms with Gasteiger partial charge >= 0.3 is 5.97 Å². The summed E-state index contributed by atoms with van der Waals surface area (Å²) >= 11 is 0. The van der Waals surface area contributed by atoms with Gasteiger partial charge in [-0.3, -0.25) is 9.79 Å². The fraction of sp³-hybridized carbons (Fsp3) is 0.167. The van der Waals surface area contributed by atoms with E-state index in [9.17, 15) is 4.79 Å². The van der Waals surface area contributed by atoms with Crippen LogP contribution in [0.5, 0.6) is 0 Å². The summed E-state index contributed by atoms with van der Waals surface area (Å²) in [6, 6.07) is 28.2. The second-order valence-corrected chi connectivity index (χ2v) is 6.69. The summed E-state index contributed by atoms with van der Waals surface area (Å²) in [5.41, 5.74) is 5.25. The summed E-state index contributed by atoms with van der Waals surface area (Å²) in [6.07, 6.45) is 0.661. The summed E-state index contributed by atoms with van der Waals surface area (Å²) in [6.45, 7) is 0. The number of fused-ring (bicyclic) bond motifs is 1. The Morgan fingerprint density at radius 3 is 2.00 bits per heavy atom. The van der Waals surface area contributed by atoms with E-state index in [2.05, 4.69) is 36.4 Å². The molecule has 4 rings (SSSR count). The second kappa shape index (κ2) is 7.58. The van der Waals surface area contributed by atoms with Crippen LogP contribution in [0.4, 0.5) is 0 Å². The van der Waals surface area contributed by atoms with Crippen LogP contribution in [-0.2, 0) is 16.0 Å². The van der Waals surface area contributed by atoms with Crippen molar-refractivity contribution in [3.63, 3.8) is 0 Å². The molecule has 0 amide bonds. The van der Waals surface area contributed by atoms with Crippen LogP contribution in [0.3, 0.4) is 0 Å². The molecule has 1 unspecified atom stereocenters. The molecule has 0 spiro atoms. The van der Waals surface area contributed by atoms with Gasteiger partial charge in [0.1, 0.15) is 0 Å². The average Bonchev–Trinajstić information content (AvgIpc) is 3.11. The van der Waals surface area contributed by atoms with Gasteiger partial charge in [-0.25, -0.2) is 0 Å². The van der Waals surface area contributed by atoms with Gasteiger partial charge in [0.25, 0.3) is 0 Å². The van der Waals surface area contributed by atoms with Crippen LogP contribution >= 0.6 is 0 Å². The van der Waals surface area contributed by atoms with Gasteiger partial charge in [-0.05, 0) is 17.5 Å². The predicted molar refractivity (Wildman–Crippen MR) is 107 cm³/mol.